The molecule has 0 aliphatic rings. The number of aryl methyl sites for hydroxylation is 1. The number of benzene rings is 2. The van der Waals surface area contributed by atoms with Gasteiger partial charge in [-0.25, -0.2) is 4.79 Å². The highest BCUT2D eigenvalue weighted by Crippen LogP contribution is 2.27. The minimum absolute atomic E-state index is 0.0334. The van der Waals surface area contributed by atoms with Gasteiger partial charge in [-0.2, -0.15) is 0 Å². The molecule has 0 heterocycles. The van der Waals surface area contributed by atoms with Crippen LogP contribution in [0.15, 0.2) is 48.5 Å². The molecule has 0 fully saturated rings. The average molecular weight is 287 g/mol. The van der Waals surface area contributed by atoms with Crippen molar-refractivity contribution in [2.45, 2.75) is 13.0 Å². The van der Waals surface area contributed by atoms with Crippen molar-refractivity contribution < 1.29 is 19.6 Å². The third-order valence-corrected chi connectivity index (χ3v) is 2.95. The normalized spacial score (nSPS) is 11.7. The number of ether oxygens (including phenoxy) is 1. The van der Waals surface area contributed by atoms with Crippen molar-refractivity contribution in [1.82, 2.24) is 0 Å². The van der Waals surface area contributed by atoms with Crippen molar-refractivity contribution in [1.29, 1.82) is 0 Å². The summed E-state index contributed by atoms with van der Waals surface area (Å²) >= 11 is 0. The highest BCUT2D eigenvalue weighted by atomic mass is 16.6. The first kappa shape index (κ1) is 14.5. The predicted octanol–water partition coefficient (Wildman–Crippen LogP) is 3.11. The fourth-order valence-electron chi connectivity index (χ4n) is 1.93. The molecular weight excluding hydrogens is 274 g/mol. The van der Waals surface area contributed by atoms with Gasteiger partial charge in [0.25, 0.3) is 5.69 Å². The first-order valence-corrected chi connectivity index (χ1v) is 6.18. The highest BCUT2D eigenvalue weighted by Gasteiger charge is 2.22. The molecule has 2 aromatic rings. The van der Waals surface area contributed by atoms with Gasteiger partial charge in [0.2, 0.25) is 6.10 Å². The fourth-order valence-corrected chi connectivity index (χ4v) is 1.93. The van der Waals surface area contributed by atoms with Crippen LogP contribution in [0.25, 0.3) is 0 Å². The first-order valence-electron chi connectivity index (χ1n) is 6.18. The van der Waals surface area contributed by atoms with Crippen LogP contribution >= 0.6 is 0 Å². The monoisotopic (exact) mass is 287 g/mol. The maximum absolute atomic E-state index is 11.3. The molecule has 1 N–H and O–H groups in total. The molecule has 0 aliphatic heterocycles. The van der Waals surface area contributed by atoms with E-state index in [1.807, 2.05) is 0 Å². The zero-order valence-electron chi connectivity index (χ0n) is 11.2. The van der Waals surface area contributed by atoms with E-state index in [0.29, 0.717) is 11.1 Å². The SMILES string of the molecule is Cc1cc(OC(C(=O)O)c2ccccc2)ccc1[N+](=O)[O-]. The lowest BCUT2D eigenvalue weighted by molar-refractivity contribution is -0.385. The molecule has 108 valence electrons. The first-order chi connectivity index (χ1) is 9.99. The number of nitro benzene ring substituents is 1. The summed E-state index contributed by atoms with van der Waals surface area (Å²) in [4.78, 5) is 21.6. The Hall–Kier alpha value is -2.89. The van der Waals surface area contributed by atoms with Crippen molar-refractivity contribution in [3.8, 4) is 5.75 Å². The van der Waals surface area contributed by atoms with E-state index in [1.165, 1.54) is 18.2 Å². The summed E-state index contributed by atoms with van der Waals surface area (Å²) in [6, 6.07) is 12.7. The van der Waals surface area contributed by atoms with Crippen LogP contribution in [-0.4, -0.2) is 16.0 Å². The molecule has 6 nitrogen and oxygen atoms in total. The second-order valence-corrected chi connectivity index (χ2v) is 4.45. The predicted molar refractivity (Wildman–Crippen MR) is 75.3 cm³/mol. The number of aliphatic carboxylic acids is 1. The number of carboxylic acid groups (broad SMARTS) is 1. The summed E-state index contributed by atoms with van der Waals surface area (Å²) in [5.74, 6) is -0.855. The minimum Gasteiger partial charge on any atom is -0.478 e. The molecule has 0 saturated carbocycles. The molecule has 1 atom stereocenters. The topological polar surface area (TPSA) is 89.7 Å². The summed E-state index contributed by atoms with van der Waals surface area (Å²) in [5.41, 5.74) is 0.879. The van der Waals surface area contributed by atoms with Gasteiger partial charge in [0.15, 0.2) is 0 Å². The van der Waals surface area contributed by atoms with Crippen molar-refractivity contribution in [3.05, 3.63) is 69.8 Å². The van der Waals surface area contributed by atoms with Crippen LogP contribution in [0.2, 0.25) is 0 Å². The molecular formula is C15H13NO5. The summed E-state index contributed by atoms with van der Waals surface area (Å²) < 4.78 is 5.46. The van der Waals surface area contributed by atoms with Gasteiger partial charge in [0.05, 0.1) is 4.92 Å². The molecule has 1 unspecified atom stereocenters. The van der Waals surface area contributed by atoms with Crippen molar-refractivity contribution >= 4 is 11.7 Å². The van der Waals surface area contributed by atoms with E-state index in [-0.39, 0.29) is 11.4 Å². The molecule has 0 bridgehead atoms. The van der Waals surface area contributed by atoms with Gasteiger partial charge in [-0.1, -0.05) is 30.3 Å². The Bertz CT molecular complexity index is 669. The van der Waals surface area contributed by atoms with Gasteiger partial charge in [0, 0.05) is 17.2 Å². The highest BCUT2D eigenvalue weighted by molar-refractivity contribution is 5.74. The maximum Gasteiger partial charge on any atom is 0.349 e. The Labute approximate surface area is 120 Å². The Morgan fingerprint density at radius 3 is 2.43 bits per heavy atom. The molecule has 0 amide bonds. The number of carbonyl (C=O) groups is 1. The van der Waals surface area contributed by atoms with Crippen LogP contribution in [0.3, 0.4) is 0 Å². The average Bonchev–Trinajstić information content (AvgIpc) is 2.45. The van der Waals surface area contributed by atoms with Crippen LogP contribution in [-0.2, 0) is 4.79 Å². The molecule has 2 aromatic carbocycles. The smallest absolute Gasteiger partial charge is 0.349 e. The molecule has 0 saturated heterocycles. The lowest BCUT2D eigenvalue weighted by atomic mass is 10.1. The third-order valence-electron chi connectivity index (χ3n) is 2.95. The zero-order valence-corrected chi connectivity index (χ0v) is 11.2. The lowest BCUT2D eigenvalue weighted by Gasteiger charge is -2.15. The molecule has 0 aromatic heterocycles. The molecule has 6 heteroatoms. The summed E-state index contributed by atoms with van der Waals surface area (Å²) in [7, 11) is 0. The van der Waals surface area contributed by atoms with Crippen molar-refractivity contribution in [2.24, 2.45) is 0 Å². The van der Waals surface area contributed by atoms with E-state index in [1.54, 1.807) is 37.3 Å². The second-order valence-electron chi connectivity index (χ2n) is 4.45. The van der Waals surface area contributed by atoms with Crippen LogP contribution in [0.5, 0.6) is 5.75 Å². The largest absolute Gasteiger partial charge is 0.478 e. The number of carboxylic acids is 1. The van der Waals surface area contributed by atoms with E-state index in [0.717, 1.165) is 0 Å². The van der Waals surface area contributed by atoms with Crippen LogP contribution < -0.4 is 4.74 Å². The van der Waals surface area contributed by atoms with Crippen LogP contribution in [0.4, 0.5) is 5.69 Å². The van der Waals surface area contributed by atoms with Crippen molar-refractivity contribution in [2.75, 3.05) is 0 Å². The van der Waals surface area contributed by atoms with E-state index in [4.69, 9.17) is 4.74 Å². The van der Waals surface area contributed by atoms with E-state index in [2.05, 4.69) is 0 Å². The lowest BCUT2D eigenvalue weighted by Crippen LogP contribution is -2.18. The molecule has 0 aliphatic carbocycles. The van der Waals surface area contributed by atoms with E-state index in [9.17, 15) is 20.0 Å². The van der Waals surface area contributed by atoms with Gasteiger partial charge >= 0.3 is 5.97 Å². The van der Waals surface area contributed by atoms with Gasteiger partial charge < -0.3 is 9.84 Å². The zero-order chi connectivity index (χ0) is 15.4. The van der Waals surface area contributed by atoms with Gasteiger partial charge in [0.1, 0.15) is 5.75 Å². The maximum atomic E-state index is 11.3. The van der Waals surface area contributed by atoms with Gasteiger partial charge in [-0.15, -0.1) is 0 Å². The van der Waals surface area contributed by atoms with Crippen LogP contribution in [0.1, 0.15) is 17.2 Å². The fraction of sp³-hybridized carbons (Fsp3) is 0.133. The molecule has 21 heavy (non-hydrogen) atoms. The quantitative estimate of drug-likeness (QED) is 0.674. The summed E-state index contributed by atoms with van der Waals surface area (Å²) in [5, 5.41) is 20.0. The molecule has 0 spiro atoms. The second kappa shape index (κ2) is 6.04. The summed E-state index contributed by atoms with van der Waals surface area (Å²) in [6.07, 6.45) is -1.16. The molecule has 0 radical (unpaired) electrons. The number of rotatable bonds is 5. The van der Waals surface area contributed by atoms with Crippen LogP contribution in [0, 0.1) is 17.0 Å². The standard InChI is InChI=1S/C15H13NO5/c1-10-9-12(7-8-13(10)16(19)20)21-14(15(17)18)11-5-3-2-4-6-11/h2-9,14H,1H3,(H,17,18). The Kier molecular flexibility index (Phi) is 4.18. The Morgan fingerprint density at radius 2 is 1.90 bits per heavy atom. The van der Waals surface area contributed by atoms with Crippen molar-refractivity contribution in [3.63, 3.8) is 0 Å². The Balaban J connectivity index is 2.28. The minimum atomic E-state index is -1.16. The number of nitrogens with zero attached hydrogens (tertiary/aromatic N) is 1. The number of hydrogen-bond donors (Lipinski definition) is 1. The number of nitro groups is 1. The molecule has 2 rings (SSSR count). The summed E-state index contributed by atoms with van der Waals surface area (Å²) in [6.45, 7) is 1.57. The third kappa shape index (κ3) is 3.36. The van der Waals surface area contributed by atoms with Gasteiger partial charge in [-0.3, -0.25) is 10.1 Å². The van der Waals surface area contributed by atoms with E-state index >= 15 is 0 Å². The van der Waals surface area contributed by atoms with E-state index < -0.39 is 17.0 Å². The number of hydrogen-bond acceptors (Lipinski definition) is 4. The Morgan fingerprint density at radius 1 is 1.24 bits per heavy atom. The van der Waals surface area contributed by atoms with Gasteiger partial charge in [-0.05, 0) is 19.1 Å².